The lowest BCUT2D eigenvalue weighted by Gasteiger charge is -2.29. The molecule has 1 aliphatic heterocycles. The number of carbonyl (C=O) groups excluding carboxylic acids is 1. The average Bonchev–Trinajstić information content (AvgIpc) is 2.92. The molecule has 0 saturated carbocycles. The van der Waals surface area contributed by atoms with Crippen LogP contribution in [0.3, 0.4) is 0 Å². The third kappa shape index (κ3) is 3.53. The molecule has 1 N–H and O–H groups in total. The Morgan fingerprint density at radius 3 is 2.94 bits per heavy atom. The first-order chi connectivity index (χ1) is 8.81. The molecule has 100 valence electrons. The van der Waals surface area contributed by atoms with Gasteiger partial charge in [-0.25, -0.2) is 4.98 Å². The van der Waals surface area contributed by atoms with Crippen molar-refractivity contribution in [3.05, 3.63) is 16.6 Å². The molecule has 0 radical (unpaired) electrons. The van der Waals surface area contributed by atoms with Crippen LogP contribution in [0.15, 0.2) is 10.9 Å². The van der Waals surface area contributed by atoms with Gasteiger partial charge in [0.1, 0.15) is 5.69 Å². The first-order valence-electron chi connectivity index (χ1n) is 6.69. The van der Waals surface area contributed by atoms with Crippen molar-refractivity contribution in [1.29, 1.82) is 0 Å². The molecule has 5 heteroatoms. The maximum Gasteiger partial charge on any atom is 0.273 e. The van der Waals surface area contributed by atoms with E-state index in [9.17, 15) is 4.79 Å². The van der Waals surface area contributed by atoms with Gasteiger partial charge >= 0.3 is 0 Å². The summed E-state index contributed by atoms with van der Waals surface area (Å²) in [5.74, 6) is 0.733. The van der Waals surface area contributed by atoms with Crippen molar-refractivity contribution in [2.45, 2.75) is 26.2 Å². The normalized spacial score (nSPS) is 16.7. The number of piperidine rings is 1. The van der Waals surface area contributed by atoms with Gasteiger partial charge in [-0.3, -0.25) is 4.79 Å². The van der Waals surface area contributed by atoms with Crippen molar-refractivity contribution in [1.82, 2.24) is 15.2 Å². The predicted molar refractivity (Wildman–Crippen MR) is 73.9 cm³/mol. The fraction of sp³-hybridized carbons (Fsp3) is 0.692. The summed E-state index contributed by atoms with van der Waals surface area (Å²) < 4.78 is 0. The van der Waals surface area contributed by atoms with Gasteiger partial charge in [0, 0.05) is 18.5 Å². The Hall–Kier alpha value is -0.940. The summed E-state index contributed by atoms with van der Waals surface area (Å²) in [6.45, 7) is 5.99. The van der Waals surface area contributed by atoms with Crippen molar-refractivity contribution in [2.24, 2.45) is 5.92 Å². The van der Waals surface area contributed by atoms with Crippen LogP contribution in [0, 0.1) is 5.92 Å². The first-order valence-corrected chi connectivity index (χ1v) is 7.63. The molecule has 0 spiro atoms. The minimum atomic E-state index is 0.0941. The van der Waals surface area contributed by atoms with Gasteiger partial charge in [0.2, 0.25) is 0 Å². The highest BCUT2D eigenvalue weighted by Crippen LogP contribution is 2.15. The summed E-state index contributed by atoms with van der Waals surface area (Å²) in [5.41, 5.74) is 2.32. The molecule has 0 unspecified atom stereocenters. The van der Waals surface area contributed by atoms with E-state index in [4.69, 9.17) is 0 Å². The largest absolute Gasteiger partial charge is 0.337 e. The summed E-state index contributed by atoms with van der Waals surface area (Å²) in [5, 5.41) is 5.20. The topological polar surface area (TPSA) is 45.2 Å². The molecule has 0 atom stereocenters. The number of nitrogens with one attached hydrogen (secondary N) is 1. The lowest BCUT2D eigenvalue weighted by Crippen LogP contribution is -2.39. The molecule has 0 aliphatic carbocycles. The van der Waals surface area contributed by atoms with E-state index in [0.717, 1.165) is 32.6 Å². The number of amides is 1. The molecular weight excluding hydrogens is 246 g/mol. The van der Waals surface area contributed by atoms with Crippen molar-refractivity contribution in [3.8, 4) is 0 Å². The Kier molecular flexibility index (Phi) is 5.13. The Bertz CT molecular complexity index is 360. The zero-order valence-electron chi connectivity index (χ0n) is 10.9. The SMILES string of the molecule is CCCN(CC1CCNCC1)C(=O)c1cscn1. The van der Waals surface area contributed by atoms with Crippen LogP contribution in [-0.2, 0) is 0 Å². The lowest BCUT2D eigenvalue weighted by atomic mass is 9.97. The summed E-state index contributed by atoms with van der Waals surface area (Å²) in [6, 6.07) is 0. The Labute approximate surface area is 112 Å². The highest BCUT2D eigenvalue weighted by molar-refractivity contribution is 7.07. The van der Waals surface area contributed by atoms with Crippen LogP contribution < -0.4 is 5.32 Å². The van der Waals surface area contributed by atoms with Gasteiger partial charge in [-0.1, -0.05) is 6.92 Å². The minimum Gasteiger partial charge on any atom is -0.337 e. The van der Waals surface area contributed by atoms with E-state index in [0.29, 0.717) is 11.6 Å². The second kappa shape index (κ2) is 6.85. The number of rotatable bonds is 5. The Morgan fingerprint density at radius 1 is 1.56 bits per heavy atom. The van der Waals surface area contributed by atoms with Crippen LogP contribution in [0.5, 0.6) is 0 Å². The van der Waals surface area contributed by atoms with Gasteiger partial charge in [0.15, 0.2) is 0 Å². The Morgan fingerprint density at radius 2 is 2.33 bits per heavy atom. The fourth-order valence-electron chi connectivity index (χ4n) is 2.40. The third-order valence-electron chi connectivity index (χ3n) is 3.37. The molecule has 0 bridgehead atoms. The molecule has 2 heterocycles. The molecule has 4 nitrogen and oxygen atoms in total. The summed E-state index contributed by atoms with van der Waals surface area (Å²) in [4.78, 5) is 18.4. The minimum absolute atomic E-state index is 0.0941. The summed E-state index contributed by atoms with van der Waals surface area (Å²) in [7, 11) is 0. The van der Waals surface area contributed by atoms with Crippen LogP contribution in [0.25, 0.3) is 0 Å². The zero-order valence-corrected chi connectivity index (χ0v) is 11.7. The molecule has 1 aromatic rings. The van der Waals surface area contributed by atoms with Gasteiger partial charge in [-0.2, -0.15) is 0 Å². The quantitative estimate of drug-likeness (QED) is 0.887. The number of thiazole rings is 1. The van der Waals surface area contributed by atoms with Crippen LogP contribution in [-0.4, -0.2) is 42.0 Å². The molecule has 1 saturated heterocycles. The fourth-order valence-corrected chi connectivity index (χ4v) is 2.93. The maximum atomic E-state index is 12.3. The number of carbonyl (C=O) groups is 1. The summed E-state index contributed by atoms with van der Waals surface area (Å²) >= 11 is 1.48. The summed E-state index contributed by atoms with van der Waals surface area (Å²) in [6.07, 6.45) is 3.34. The van der Waals surface area contributed by atoms with E-state index in [1.807, 2.05) is 10.3 Å². The number of hydrogen-bond acceptors (Lipinski definition) is 4. The molecule has 0 aromatic carbocycles. The van der Waals surface area contributed by atoms with E-state index >= 15 is 0 Å². The second-order valence-corrected chi connectivity index (χ2v) is 5.54. The van der Waals surface area contributed by atoms with E-state index in [2.05, 4.69) is 17.2 Å². The zero-order chi connectivity index (χ0) is 12.8. The maximum absolute atomic E-state index is 12.3. The lowest BCUT2D eigenvalue weighted by molar-refractivity contribution is 0.0711. The Balaban J connectivity index is 1.96. The molecule has 2 rings (SSSR count). The number of aromatic nitrogens is 1. The standard InChI is InChI=1S/C13H21N3OS/c1-2-7-16(8-11-3-5-14-6-4-11)13(17)12-9-18-10-15-12/h9-11,14H,2-8H2,1H3. The monoisotopic (exact) mass is 267 g/mol. The molecule has 18 heavy (non-hydrogen) atoms. The highest BCUT2D eigenvalue weighted by atomic mass is 32.1. The van der Waals surface area contributed by atoms with Crippen LogP contribution in [0.4, 0.5) is 0 Å². The number of hydrogen-bond donors (Lipinski definition) is 1. The highest BCUT2D eigenvalue weighted by Gasteiger charge is 2.22. The van der Waals surface area contributed by atoms with E-state index < -0.39 is 0 Å². The van der Waals surface area contributed by atoms with E-state index in [1.165, 1.54) is 24.2 Å². The van der Waals surface area contributed by atoms with Gasteiger partial charge in [-0.15, -0.1) is 11.3 Å². The smallest absolute Gasteiger partial charge is 0.273 e. The van der Waals surface area contributed by atoms with Gasteiger partial charge in [-0.05, 0) is 38.3 Å². The average molecular weight is 267 g/mol. The molecular formula is C13H21N3OS. The van der Waals surface area contributed by atoms with Crippen molar-refractivity contribution >= 4 is 17.2 Å². The van der Waals surface area contributed by atoms with Crippen molar-refractivity contribution in [3.63, 3.8) is 0 Å². The van der Waals surface area contributed by atoms with Crippen LogP contribution >= 0.6 is 11.3 Å². The van der Waals surface area contributed by atoms with Gasteiger partial charge in [0.25, 0.3) is 5.91 Å². The van der Waals surface area contributed by atoms with Crippen LogP contribution in [0.2, 0.25) is 0 Å². The molecule has 1 aliphatic rings. The third-order valence-corrected chi connectivity index (χ3v) is 3.96. The van der Waals surface area contributed by atoms with Crippen LogP contribution in [0.1, 0.15) is 36.7 Å². The van der Waals surface area contributed by atoms with Gasteiger partial charge < -0.3 is 10.2 Å². The second-order valence-electron chi connectivity index (χ2n) is 4.82. The van der Waals surface area contributed by atoms with E-state index in [1.54, 1.807) is 5.51 Å². The van der Waals surface area contributed by atoms with Crippen molar-refractivity contribution in [2.75, 3.05) is 26.2 Å². The number of nitrogens with zero attached hydrogens (tertiary/aromatic N) is 2. The first kappa shape index (κ1) is 13.5. The molecule has 1 aromatic heterocycles. The molecule has 1 amide bonds. The van der Waals surface area contributed by atoms with E-state index in [-0.39, 0.29) is 5.91 Å². The predicted octanol–water partition coefficient (Wildman–Crippen LogP) is 1.99. The molecule has 1 fully saturated rings. The van der Waals surface area contributed by atoms with Crippen molar-refractivity contribution < 1.29 is 4.79 Å². The van der Waals surface area contributed by atoms with Gasteiger partial charge in [0.05, 0.1) is 5.51 Å².